The molecule has 0 aliphatic rings. The van der Waals surface area contributed by atoms with Crippen molar-refractivity contribution < 1.29 is 9.84 Å². The summed E-state index contributed by atoms with van der Waals surface area (Å²) in [5.74, 6) is 0.647. The Balaban J connectivity index is 3.64. The topological polar surface area (TPSA) is 41.5 Å². The molecule has 3 nitrogen and oxygen atoms in total. The van der Waals surface area contributed by atoms with E-state index in [0.29, 0.717) is 24.5 Å². The van der Waals surface area contributed by atoms with Crippen molar-refractivity contribution in [2.24, 2.45) is 11.3 Å². The van der Waals surface area contributed by atoms with Crippen molar-refractivity contribution in [1.82, 2.24) is 5.32 Å². The minimum atomic E-state index is -0.397. The molecule has 0 aliphatic carbocycles. The number of hydrogen-bond acceptors (Lipinski definition) is 3. The second-order valence-electron chi connectivity index (χ2n) is 6.76. The van der Waals surface area contributed by atoms with Gasteiger partial charge in [0, 0.05) is 19.7 Å². The van der Waals surface area contributed by atoms with E-state index in [0.717, 1.165) is 19.6 Å². The first-order valence-electron chi connectivity index (χ1n) is 8.41. The van der Waals surface area contributed by atoms with Gasteiger partial charge in [-0.15, -0.1) is 0 Å². The fourth-order valence-corrected chi connectivity index (χ4v) is 2.03. The number of rotatable bonds is 13. The number of nitrogens with one attached hydrogen (secondary N) is 1. The quantitative estimate of drug-likeness (QED) is 0.544. The van der Waals surface area contributed by atoms with Crippen molar-refractivity contribution in [2.75, 3.05) is 26.3 Å². The normalized spacial score (nSPS) is 15.3. The summed E-state index contributed by atoms with van der Waals surface area (Å²) in [7, 11) is 0. The Bertz CT molecular complexity index is 219. The van der Waals surface area contributed by atoms with Crippen molar-refractivity contribution in [3.8, 4) is 0 Å². The Morgan fingerprint density at radius 1 is 1.15 bits per heavy atom. The van der Waals surface area contributed by atoms with E-state index in [9.17, 15) is 5.11 Å². The van der Waals surface area contributed by atoms with Gasteiger partial charge in [-0.25, -0.2) is 0 Å². The molecule has 20 heavy (non-hydrogen) atoms. The van der Waals surface area contributed by atoms with Gasteiger partial charge in [0.1, 0.15) is 0 Å². The molecule has 0 rings (SSSR count). The highest BCUT2D eigenvalue weighted by Gasteiger charge is 2.15. The third-order valence-corrected chi connectivity index (χ3v) is 4.15. The zero-order valence-electron chi connectivity index (χ0n) is 14.4. The zero-order valence-corrected chi connectivity index (χ0v) is 14.4. The standard InChI is InChI=1S/C17H37NO2/c1-6-9-10-15(7-2)12-20-13-16(19)11-18-14-17(4,5)8-3/h15-16,18-19H,6-14H2,1-5H3. The highest BCUT2D eigenvalue weighted by atomic mass is 16.5. The highest BCUT2D eigenvalue weighted by molar-refractivity contribution is 4.70. The second-order valence-corrected chi connectivity index (χ2v) is 6.76. The minimum absolute atomic E-state index is 0.300. The fourth-order valence-electron chi connectivity index (χ4n) is 2.03. The van der Waals surface area contributed by atoms with Crippen molar-refractivity contribution in [1.29, 1.82) is 0 Å². The van der Waals surface area contributed by atoms with Crippen LogP contribution in [0.15, 0.2) is 0 Å². The van der Waals surface area contributed by atoms with E-state index in [2.05, 4.69) is 39.9 Å². The third kappa shape index (κ3) is 10.6. The molecule has 2 N–H and O–H groups in total. The van der Waals surface area contributed by atoms with Crippen LogP contribution in [-0.4, -0.2) is 37.5 Å². The van der Waals surface area contributed by atoms with E-state index in [1.54, 1.807) is 0 Å². The molecule has 0 amide bonds. The number of hydrogen-bond donors (Lipinski definition) is 2. The van der Waals surface area contributed by atoms with Gasteiger partial charge in [0.15, 0.2) is 0 Å². The van der Waals surface area contributed by atoms with Crippen LogP contribution in [0.1, 0.15) is 66.7 Å². The fraction of sp³-hybridized carbons (Fsp3) is 1.00. The maximum Gasteiger partial charge on any atom is 0.0897 e. The molecular formula is C17H37NO2. The first-order valence-corrected chi connectivity index (χ1v) is 8.41. The van der Waals surface area contributed by atoms with Crippen LogP contribution in [0.5, 0.6) is 0 Å². The van der Waals surface area contributed by atoms with Crippen LogP contribution in [0.4, 0.5) is 0 Å². The predicted molar refractivity (Wildman–Crippen MR) is 87.1 cm³/mol. The van der Waals surface area contributed by atoms with E-state index >= 15 is 0 Å². The van der Waals surface area contributed by atoms with Crippen LogP contribution in [0.2, 0.25) is 0 Å². The summed E-state index contributed by atoms with van der Waals surface area (Å²) in [4.78, 5) is 0. The average Bonchev–Trinajstić information content (AvgIpc) is 2.42. The number of ether oxygens (including phenoxy) is 1. The first-order chi connectivity index (χ1) is 9.45. The largest absolute Gasteiger partial charge is 0.389 e. The Labute approximate surface area is 126 Å². The first kappa shape index (κ1) is 19.9. The molecule has 0 heterocycles. The molecule has 0 aromatic rings. The molecule has 0 saturated heterocycles. The van der Waals surface area contributed by atoms with Crippen molar-refractivity contribution in [3.63, 3.8) is 0 Å². The molecule has 0 radical (unpaired) electrons. The number of unbranched alkanes of at least 4 members (excludes halogenated alkanes) is 1. The van der Waals surface area contributed by atoms with Crippen LogP contribution in [0.25, 0.3) is 0 Å². The molecule has 0 aromatic heterocycles. The Kier molecular flexibility index (Phi) is 11.5. The van der Waals surface area contributed by atoms with Gasteiger partial charge in [-0.2, -0.15) is 0 Å². The molecule has 2 atom stereocenters. The lowest BCUT2D eigenvalue weighted by atomic mass is 9.90. The molecule has 122 valence electrons. The van der Waals surface area contributed by atoms with E-state index in [-0.39, 0.29) is 0 Å². The molecule has 0 fully saturated rings. The van der Waals surface area contributed by atoms with E-state index < -0.39 is 6.10 Å². The summed E-state index contributed by atoms with van der Waals surface area (Å²) in [6.07, 6.45) is 5.67. The molecule has 0 saturated carbocycles. The van der Waals surface area contributed by atoms with Crippen LogP contribution in [-0.2, 0) is 4.74 Å². The Morgan fingerprint density at radius 2 is 1.85 bits per heavy atom. The number of aliphatic hydroxyl groups is 1. The molecular weight excluding hydrogens is 250 g/mol. The second kappa shape index (κ2) is 11.5. The Hall–Kier alpha value is -0.120. The maximum atomic E-state index is 9.89. The third-order valence-electron chi connectivity index (χ3n) is 4.15. The van der Waals surface area contributed by atoms with Gasteiger partial charge >= 0.3 is 0 Å². The van der Waals surface area contributed by atoms with E-state index in [1.165, 1.54) is 25.7 Å². The summed E-state index contributed by atoms with van der Waals surface area (Å²) < 4.78 is 5.66. The van der Waals surface area contributed by atoms with E-state index in [1.807, 2.05) is 0 Å². The lowest BCUT2D eigenvalue weighted by Gasteiger charge is -2.24. The van der Waals surface area contributed by atoms with Crippen LogP contribution >= 0.6 is 0 Å². The van der Waals surface area contributed by atoms with Gasteiger partial charge < -0.3 is 15.2 Å². The van der Waals surface area contributed by atoms with Gasteiger partial charge in [0.25, 0.3) is 0 Å². The molecule has 0 spiro atoms. The molecule has 0 aromatic carbocycles. The summed E-state index contributed by atoms with van der Waals surface area (Å²) in [5.41, 5.74) is 0.300. The van der Waals surface area contributed by atoms with Gasteiger partial charge in [-0.05, 0) is 24.2 Å². The van der Waals surface area contributed by atoms with E-state index in [4.69, 9.17) is 4.74 Å². The minimum Gasteiger partial charge on any atom is -0.389 e. The molecule has 2 unspecified atom stereocenters. The summed E-state index contributed by atoms with van der Waals surface area (Å²) >= 11 is 0. The van der Waals surface area contributed by atoms with Gasteiger partial charge in [-0.3, -0.25) is 0 Å². The molecule has 0 bridgehead atoms. The monoisotopic (exact) mass is 287 g/mol. The van der Waals surface area contributed by atoms with Crippen LogP contribution < -0.4 is 5.32 Å². The Morgan fingerprint density at radius 3 is 2.40 bits per heavy atom. The smallest absolute Gasteiger partial charge is 0.0897 e. The zero-order chi connectivity index (χ0) is 15.4. The van der Waals surface area contributed by atoms with Crippen molar-refractivity contribution in [3.05, 3.63) is 0 Å². The number of aliphatic hydroxyl groups excluding tert-OH is 1. The lowest BCUT2D eigenvalue weighted by Crippen LogP contribution is -2.36. The predicted octanol–water partition coefficient (Wildman–Crippen LogP) is 3.61. The van der Waals surface area contributed by atoms with Gasteiger partial charge in [0.2, 0.25) is 0 Å². The van der Waals surface area contributed by atoms with Crippen molar-refractivity contribution >= 4 is 0 Å². The van der Waals surface area contributed by atoms with Crippen LogP contribution in [0, 0.1) is 11.3 Å². The SMILES string of the molecule is CCCCC(CC)COCC(O)CNCC(C)(C)CC. The van der Waals surface area contributed by atoms with Gasteiger partial charge in [-0.1, -0.05) is 53.9 Å². The summed E-state index contributed by atoms with van der Waals surface area (Å²) in [5, 5.41) is 13.2. The van der Waals surface area contributed by atoms with Gasteiger partial charge in [0.05, 0.1) is 12.7 Å². The average molecular weight is 287 g/mol. The maximum absolute atomic E-state index is 9.89. The molecule has 3 heteroatoms. The lowest BCUT2D eigenvalue weighted by molar-refractivity contribution is 0.0185. The highest BCUT2D eigenvalue weighted by Crippen LogP contribution is 2.17. The van der Waals surface area contributed by atoms with Crippen LogP contribution in [0.3, 0.4) is 0 Å². The molecule has 0 aliphatic heterocycles. The summed E-state index contributed by atoms with van der Waals surface area (Å²) in [6, 6.07) is 0. The summed E-state index contributed by atoms with van der Waals surface area (Å²) in [6.45, 7) is 13.9. The van der Waals surface area contributed by atoms with Crippen molar-refractivity contribution in [2.45, 2.75) is 72.8 Å².